The Labute approximate surface area is 186 Å². The Morgan fingerprint density at radius 1 is 1.10 bits per heavy atom. The van der Waals surface area contributed by atoms with Crippen molar-refractivity contribution < 1.29 is 23.9 Å². The summed E-state index contributed by atoms with van der Waals surface area (Å²) in [6, 6.07) is 11.0. The van der Waals surface area contributed by atoms with E-state index in [1.807, 2.05) is 31.2 Å². The van der Waals surface area contributed by atoms with Gasteiger partial charge in [-0.2, -0.15) is 13.5 Å². The molecule has 2 fully saturated rings. The number of amides is 2. The number of cyclic esters (lactones) is 1. The highest BCUT2D eigenvalue weighted by Gasteiger charge is 2.32. The highest BCUT2D eigenvalue weighted by atomic mass is 32.1. The average Bonchev–Trinajstić information content (AvgIpc) is 3.32. The van der Waals surface area contributed by atoms with Crippen LogP contribution in [0.2, 0.25) is 0 Å². The largest absolute Gasteiger partial charge is 0.444 e. The van der Waals surface area contributed by atoms with Gasteiger partial charge in [0.25, 0.3) is 5.91 Å². The van der Waals surface area contributed by atoms with E-state index in [1.165, 1.54) is 11.3 Å². The Bertz CT molecular complexity index is 928. The number of nitrogens with zero attached hydrogens (tertiary/aromatic N) is 2. The number of carbonyl (C=O) groups is 3. The van der Waals surface area contributed by atoms with Crippen LogP contribution in [-0.2, 0) is 14.3 Å². The molecule has 0 radical (unpaired) electrons. The molecule has 2 aromatic rings. The van der Waals surface area contributed by atoms with Crippen molar-refractivity contribution in [3.8, 4) is 0 Å². The minimum Gasteiger partial charge on any atom is -0.444 e. The maximum atomic E-state index is 12.3. The number of anilines is 2. The summed E-state index contributed by atoms with van der Waals surface area (Å²) < 4.78 is 10.6. The maximum absolute atomic E-state index is 12.3. The molecule has 9 heteroatoms. The minimum atomic E-state index is -0.412. The van der Waals surface area contributed by atoms with Gasteiger partial charge in [0.1, 0.15) is 12.7 Å². The second-order valence-electron chi connectivity index (χ2n) is 7.10. The molecule has 2 aliphatic rings. The lowest BCUT2D eigenvalue weighted by atomic mass is 10.1. The summed E-state index contributed by atoms with van der Waals surface area (Å²) in [6.07, 6.45) is 0.125. The SMILES string of the molecule is Cc1ccc(C(=O)CC[C@H]2CN(c3ccc(N4CCOCC4=O)cc3)C(=O)O2)s1.S. The standard InChI is InChI=1S/C21H22N2O5S.H2S/c1-14-2-9-19(29-14)18(24)8-7-17-12-23(21(26)28-17)16-5-3-15(4-6-16)22-10-11-27-13-20(22)25;/h2-6,9,17H,7-8,10-13H2,1H3;1H2/t17-;/m0./s1. The molecule has 0 N–H and O–H groups in total. The second-order valence-corrected chi connectivity index (χ2v) is 8.39. The van der Waals surface area contributed by atoms with Crippen molar-refractivity contribution in [1.29, 1.82) is 0 Å². The van der Waals surface area contributed by atoms with Gasteiger partial charge in [-0.3, -0.25) is 14.5 Å². The van der Waals surface area contributed by atoms with Crippen LogP contribution in [0.5, 0.6) is 0 Å². The smallest absolute Gasteiger partial charge is 0.414 e. The number of morpholine rings is 1. The molecule has 0 spiro atoms. The molecule has 2 aliphatic heterocycles. The van der Waals surface area contributed by atoms with Crippen molar-refractivity contribution in [2.24, 2.45) is 0 Å². The van der Waals surface area contributed by atoms with Gasteiger partial charge in [-0.1, -0.05) is 0 Å². The van der Waals surface area contributed by atoms with Crippen LogP contribution in [0.1, 0.15) is 27.4 Å². The molecule has 7 nitrogen and oxygen atoms in total. The molecule has 2 amide bonds. The van der Waals surface area contributed by atoms with Crippen LogP contribution in [0.15, 0.2) is 36.4 Å². The molecule has 0 saturated carbocycles. The highest BCUT2D eigenvalue weighted by molar-refractivity contribution is 7.59. The molecule has 1 aromatic carbocycles. The first kappa shape index (κ1) is 22.3. The number of thiophene rings is 1. The fraction of sp³-hybridized carbons (Fsp3) is 0.381. The molecule has 30 heavy (non-hydrogen) atoms. The summed E-state index contributed by atoms with van der Waals surface area (Å²) >= 11 is 1.49. The molecule has 0 unspecified atom stereocenters. The van der Waals surface area contributed by atoms with E-state index in [0.29, 0.717) is 38.2 Å². The van der Waals surface area contributed by atoms with Gasteiger partial charge in [0, 0.05) is 29.2 Å². The van der Waals surface area contributed by atoms with Crippen molar-refractivity contribution in [3.63, 3.8) is 0 Å². The fourth-order valence-corrected chi connectivity index (χ4v) is 4.32. The summed E-state index contributed by atoms with van der Waals surface area (Å²) in [5.74, 6) is 0.00683. The molecule has 1 atom stereocenters. The first-order valence-corrected chi connectivity index (χ1v) is 10.4. The van der Waals surface area contributed by atoms with E-state index < -0.39 is 6.09 Å². The average molecular weight is 449 g/mol. The maximum Gasteiger partial charge on any atom is 0.414 e. The van der Waals surface area contributed by atoms with Gasteiger partial charge in [-0.25, -0.2) is 4.79 Å². The zero-order valence-electron chi connectivity index (χ0n) is 16.6. The first-order chi connectivity index (χ1) is 14.0. The van der Waals surface area contributed by atoms with E-state index >= 15 is 0 Å². The summed E-state index contributed by atoms with van der Waals surface area (Å²) in [5.41, 5.74) is 1.49. The Hall–Kier alpha value is -2.36. The topological polar surface area (TPSA) is 76.2 Å². The van der Waals surface area contributed by atoms with E-state index in [-0.39, 0.29) is 37.9 Å². The lowest BCUT2D eigenvalue weighted by Gasteiger charge is -2.27. The normalized spacial score (nSPS) is 18.9. The molecule has 2 saturated heterocycles. The highest BCUT2D eigenvalue weighted by Crippen LogP contribution is 2.27. The number of aryl methyl sites for hydroxylation is 1. The van der Waals surface area contributed by atoms with E-state index in [0.717, 1.165) is 15.4 Å². The van der Waals surface area contributed by atoms with Crippen molar-refractivity contribution >= 4 is 54.0 Å². The van der Waals surface area contributed by atoms with Gasteiger partial charge < -0.3 is 14.4 Å². The Balaban J connectivity index is 0.00000256. The number of hydrogen-bond donors (Lipinski definition) is 0. The van der Waals surface area contributed by atoms with Crippen molar-refractivity contribution in [2.45, 2.75) is 25.9 Å². The number of carbonyl (C=O) groups excluding carboxylic acids is 3. The number of ether oxygens (including phenoxy) is 2. The Morgan fingerprint density at radius 2 is 1.80 bits per heavy atom. The monoisotopic (exact) mass is 448 g/mol. The lowest BCUT2D eigenvalue weighted by Crippen LogP contribution is -2.41. The van der Waals surface area contributed by atoms with Gasteiger partial charge in [0.2, 0.25) is 0 Å². The van der Waals surface area contributed by atoms with Crippen LogP contribution in [0.4, 0.5) is 16.2 Å². The number of rotatable bonds is 6. The summed E-state index contributed by atoms with van der Waals surface area (Å²) in [5, 5.41) is 0. The van der Waals surface area contributed by atoms with E-state index in [4.69, 9.17) is 9.47 Å². The molecule has 160 valence electrons. The summed E-state index contributed by atoms with van der Waals surface area (Å²) in [4.78, 5) is 41.6. The van der Waals surface area contributed by atoms with Gasteiger partial charge >= 0.3 is 6.09 Å². The predicted octanol–water partition coefficient (Wildman–Crippen LogP) is 3.52. The molecule has 1 aromatic heterocycles. The van der Waals surface area contributed by atoms with Gasteiger partial charge in [0.15, 0.2) is 5.78 Å². The van der Waals surface area contributed by atoms with Crippen LogP contribution in [0.25, 0.3) is 0 Å². The zero-order valence-corrected chi connectivity index (χ0v) is 18.4. The number of ketones is 1. The van der Waals surface area contributed by atoms with Crippen LogP contribution < -0.4 is 9.80 Å². The molecular formula is C21H24N2O5S2. The Kier molecular flexibility index (Phi) is 7.17. The van der Waals surface area contributed by atoms with Gasteiger partial charge in [0.05, 0.1) is 18.0 Å². The number of benzene rings is 1. The minimum absolute atomic E-state index is 0. The van der Waals surface area contributed by atoms with Gasteiger partial charge in [-0.05, 0) is 49.7 Å². The molecular weight excluding hydrogens is 424 g/mol. The van der Waals surface area contributed by atoms with Crippen LogP contribution in [0.3, 0.4) is 0 Å². The van der Waals surface area contributed by atoms with E-state index in [2.05, 4.69) is 0 Å². The van der Waals surface area contributed by atoms with Gasteiger partial charge in [-0.15, -0.1) is 11.3 Å². The first-order valence-electron chi connectivity index (χ1n) is 9.57. The lowest BCUT2D eigenvalue weighted by molar-refractivity contribution is -0.125. The van der Waals surface area contributed by atoms with E-state index in [9.17, 15) is 14.4 Å². The third-order valence-corrected chi connectivity index (χ3v) is 6.08. The van der Waals surface area contributed by atoms with Crippen molar-refractivity contribution in [2.75, 3.05) is 36.1 Å². The number of Topliss-reactive ketones (excluding diaryl/α,β-unsaturated/α-hetero) is 1. The third kappa shape index (κ3) is 4.85. The summed E-state index contributed by atoms with van der Waals surface area (Å²) in [7, 11) is 0. The Morgan fingerprint density at radius 3 is 2.43 bits per heavy atom. The third-order valence-electron chi connectivity index (χ3n) is 5.04. The molecule has 0 bridgehead atoms. The molecule has 4 rings (SSSR count). The quantitative estimate of drug-likeness (QED) is 0.632. The van der Waals surface area contributed by atoms with Crippen molar-refractivity contribution in [1.82, 2.24) is 0 Å². The van der Waals surface area contributed by atoms with Crippen LogP contribution in [0, 0.1) is 6.92 Å². The second kappa shape index (κ2) is 9.63. The van der Waals surface area contributed by atoms with Crippen molar-refractivity contribution in [3.05, 3.63) is 46.2 Å². The zero-order chi connectivity index (χ0) is 20.4. The fourth-order valence-electron chi connectivity index (χ4n) is 3.49. The molecule has 3 heterocycles. The predicted molar refractivity (Wildman–Crippen MR) is 120 cm³/mol. The summed E-state index contributed by atoms with van der Waals surface area (Å²) in [6.45, 7) is 3.50. The number of hydrogen-bond acceptors (Lipinski definition) is 6. The van der Waals surface area contributed by atoms with E-state index in [1.54, 1.807) is 21.9 Å². The molecule has 0 aliphatic carbocycles. The van der Waals surface area contributed by atoms with Crippen LogP contribution >= 0.6 is 24.8 Å². The van der Waals surface area contributed by atoms with Crippen LogP contribution in [-0.4, -0.2) is 50.2 Å².